The Morgan fingerprint density at radius 2 is 1.89 bits per heavy atom. The summed E-state index contributed by atoms with van der Waals surface area (Å²) in [5, 5.41) is 8.80. The van der Waals surface area contributed by atoms with E-state index in [1.807, 2.05) is 53.1 Å². The van der Waals surface area contributed by atoms with Gasteiger partial charge in [0.25, 0.3) is 0 Å². The minimum absolute atomic E-state index is 0.664. The molecule has 0 atom stereocenters. The Morgan fingerprint density at radius 1 is 1.11 bits per heavy atom. The van der Waals surface area contributed by atoms with Crippen molar-refractivity contribution >= 4 is 28.2 Å². The number of nitrogens with zero attached hydrogens (tertiary/aromatic N) is 3. The number of fused-ring (bicyclic) bond motifs is 1. The van der Waals surface area contributed by atoms with Crippen LogP contribution in [0.2, 0.25) is 0 Å². The molecular weight excluding hydrogens is 337 g/mol. The molecular formula is C14H8IN3. The fourth-order valence-corrected chi connectivity index (χ4v) is 2.69. The Bertz CT molecular complexity index is 751. The second-order valence-electron chi connectivity index (χ2n) is 3.87. The van der Waals surface area contributed by atoms with Gasteiger partial charge >= 0.3 is 0 Å². The van der Waals surface area contributed by atoms with Gasteiger partial charge in [-0.25, -0.2) is 4.98 Å². The van der Waals surface area contributed by atoms with Gasteiger partial charge in [0.1, 0.15) is 15.0 Å². The summed E-state index contributed by atoms with van der Waals surface area (Å²) in [4.78, 5) is 4.61. The smallest absolute Gasteiger partial charge is 0.138 e. The van der Waals surface area contributed by atoms with Crippen molar-refractivity contribution in [3.63, 3.8) is 0 Å². The third-order valence-corrected chi connectivity index (χ3v) is 3.79. The van der Waals surface area contributed by atoms with Crippen LogP contribution in [0.25, 0.3) is 16.9 Å². The topological polar surface area (TPSA) is 41.1 Å². The van der Waals surface area contributed by atoms with Crippen LogP contribution in [-0.2, 0) is 0 Å². The molecule has 2 heterocycles. The summed E-state index contributed by atoms with van der Waals surface area (Å²) in [5.41, 5.74) is 3.58. The summed E-state index contributed by atoms with van der Waals surface area (Å²) >= 11 is 2.29. The zero-order chi connectivity index (χ0) is 12.5. The monoisotopic (exact) mass is 345 g/mol. The molecule has 0 saturated carbocycles. The molecule has 2 aromatic heterocycles. The Morgan fingerprint density at radius 3 is 2.56 bits per heavy atom. The van der Waals surface area contributed by atoms with Crippen molar-refractivity contribution in [2.24, 2.45) is 0 Å². The molecule has 0 bridgehead atoms. The first-order valence-electron chi connectivity index (χ1n) is 5.43. The Labute approximate surface area is 118 Å². The van der Waals surface area contributed by atoms with Crippen LogP contribution in [0.4, 0.5) is 0 Å². The molecule has 0 aliphatic rings. The third kappa shape index (κ3) is 1.77. The van der Waals surface area contributed by atoms with Gasteiger partial charge in [-0.3, -0.25) is 4.40 Å². The third-order valence-electron chi connectivity index (χ3n) is 2.76. The van der Waals surface area contributed by atoms with Gasteiger partial charge in [0.05, 0.1) is 11.6 Å². The molecule has 0 amide bonds. The Kier molecular flexibility index (Phi) is 2.76. The molecule has 0 radical (unpaired) electrons. The molecule has 3 nitrogen and oxygen atoms in total. The fourth-order valence-electron chi connectivity index (χ4n) is 1.85. The zero-order valence-electron chi connectivity index (χ0n) is 9.34. The molecule has 0 spiro atoms. The fraction of sp³-hybridized carbons (Fsp3) is 0. The van der Waals surface area contributed by atoms with Crippen LogP contribution in [0.5, 0.6) is 0 Å². The molecule has 0 aliphatic heterocycles. The van der Waals surface area contributed by atoms with E-state index in [-0.39, 0.29) is 0 Å². The number of benzene rings is 1. The van der Waals surface area contributed by atoms with E-state index in [9.17, 15) is 0 Å². The molecule has 3 rings (SSSR count). The highest BCUT2D eigenvalue weighted by molar-refractivity contribution is 14.1. The van der Waals surface area contributed by atoms with Crippen molar-refractivity contribution in [3.05, 3.63) is 57.9 Å². The van der Waals surface area contributed by atoms with Crippen molar-refractivity contribution in [2.45, 2.75) is 0 Å². The highest BCUT2D eigenvalue weighted by atomic mass is 127. The van der Waals surface area contributed by atoms with Gasteiger partial charge in [-0.15, -0.1) is 0 Å². The normalized spacial score (nSPS) is 10.4. The van der Waals surface area contributed by atoms with Crippen LogP contribution < -0.4 is 0 Å². The SMILES string of the molecule is N#Cc1ccc(-c2nc3ccccn3c2I)cc1. The van der Waals surface area contributed by atoms with Gasteiger partial charge in [0, 0.05) is 11.8 Å². The van der Waals surface area contributed by atoms with Gasteiger partial charge in [-0.2, -0.15) is 5.26 Å². The van der Waals surface area contributed by atoms with Crippen LogP contribution in [-0.4, -0.2) is 9.38 Å². The molecule has 0 saturated heterocycles. The lowest BCUT2D eigenvalue weighted by atomic mass is 10.1. The van der Waals surface area contributed by atoms with Crippen LogP contribution >= 0.6 is 22.6 Å². The lowest BCUT2D eigenvalue weighted by Gasteiger charge is -1.98. The van der Waals surface area contributed by atoms with Crippen LogP contribution in [0.3, 0.4) is 0 Å². The predicted octanol–water partition coefficient (Wildman–Crippen LogP) is 3.48. The maximum absolute atomic E-state index is 8.80. The van der Waals surface area contributed by atoms with E-state index in [1.54, 1.807) is 0 Å². The van der Waals surface area contributed by atoms with Crippen LogP contribution in [0.15, 0.2) is 48.7 Å². The average molecular weight is 345 g/mol. The van der Waals surface area contributed by atoms with Gasteiger partial charge in [0.2, 0.25) is 0 Å². The summed E-state index contributed by atoms with van der Waals surface area (Å²) in [7, 11) is 0. The molecule has 3 aromatic rings. The Balaban J connectivity index is 2.19. The molecule has 86 valence electrons. The number of nitriles is 1. The first-order chi connectivity index (χ1) is 8.79. The Hall–Kier alpha value is -1.87. The van der Waals surface area contributed by atoms with E-state index < -0.39 is 0 Å². The van der Waals surface area contributed by atoms with E-state index in [1.165, 1.54) is 0 Å². The standard InChI is InChI=1S/C14H8IN3/c15-14-13(11-6-4-10(9-16)5-7-11)17-12-3-1-2-8-18(12)14/h1-8H. The van der Waals surface area contributed by atoms with Gasteiger partial charge in [-0.05, 0) is 46.9 Å². The molecule has 0 unspecified atom stereocenters. The van der Waals surface area contributed by atoms with Gasteiger partial charge in [0.15, 0.2) is 0 Å². The van der Waals surface area contributed by atoms with Crippen molar-refractivity contribution < 1.29 is 0 Å². The highest BCUT2D eigenvalue weighted by Crippen LogP contribution is 2.25. The minimum Gasteiger partial charge on any atom is -0.294 e. The molecule has 1 aromatic carbocycles. The molecule has 18 heavy (non-hydrogen) atoms. The number of pyridine rings is 1. The maximum Gasteiger partial charge on any atom is 0.138 e. The number of hydrogen-bond acceptors (Lipinski definition) is 2. The van der Waals surface area contributed by atoms with Crippen molar-refractivity contribution in [3.8, 4) is 17.3 Å². The second-order valence-corrected chi connectivity index (χ2v) is 4.89. The summed E-state index contributed by atoms with van der Waals surface area (Å²) in [6.07, 6.45) is 2.00. The number of halogens is 1. The van der Waals surface area contributed by atoms with E-state index in [2.05, 4.69) is 33.6 Å². The molecule has 4 heteroatoms. The van der Waals surface area contributed by atoms with E-state index in [4.69, 9.17) is 5.26 Å². The highest BCUT2D eigenvalue weighted by Gasteiger charge is 2.10. The van der Waals surface area contributed by atoms with E-state index in [0.29, 0.717) is 5.56 Å². The number of hydrogen-bond donors (Lipinski definition) is 0. The number of rotatable bonds is 1. The molecule has 0 fully saturated rings. The summed E-state index contributed by atoms with van der Waals surface area (Å²) in [5.74, 6) is 0. The summed E-state index contributed by atoms with van der Waals surface area (Å²) < 4.78 is 3.13. The minimum atomic E-state index is 0.664. The number of aromatic nitrogens is 2. The predicted molar refractivity (Wildman–Crippen MR) is 78.1 cm³/mol. The van der Waals surface area contributed by atoms with Crippen LogP contribution in [0.1, 0.15) is 5.56 Å². The first-order valence-corrected chi connectivity index (χ1v) is 6.50. The largest absolute Gasteiger partial charge is 0.294 e. The summed E-state index contributed by atoms with van der Waals surface area (Å²) in [6, 6.07) is 15.6. The molecule has 0 N–H and O–H groups in total. The van der Waals surface area contributed by atoms with Crippen molar-refractivity contribution in [2.75, 3.05) is 0 Å². The van der Waals surface area contributed by atoms with Gasteiger partial charge < -0.3 is 0 Å². The van der Waals surface area contributed by atoms with E-state index in [0.717, 1.165) is 20.6 Å². The summed E-state index contributed by atoms with van der Waals surface area (Å²) in [6.45, 7) is 0. The zero-order valence-corrected chi connectivity index (χ0v) is 11.5. The lowest BCUT2D eigenvalue weighted by molar-refractivity contribution is 1.15. The lowest BCUT2D eigenvalue weighted by Crippen LogP contribution is -1.86. The van der Waals surface area contributed by atoms with E-state index >= 15 is 0 Å². The molecule has 0 aliphatic carbocycles. The number of imidazole rings is 1. The first kappa shape index (κ1) is 11.2. The van der Waals surface area contributed by atoms with Crippen LogP contribution in [0, 0.1) is 15.0 Å². The van der Waals surface area contributed by atoms with Gasteiger partial charge in [-0.1, -0.05) is 18.2 Å². The quantitative estimate of drug-likeness (QED) is 0.634. The second kappa shape index (κ2) is 4.42. The average Bonchev–Trinajstić information content (AvgIpc) is 2.77. The van der Waals surface area contributed by atoms with Crippen molar-refractivity contribution in [1.29, 1.82) is 5.26 Å². The maximum atomic E-state index is 8.80. The van der Waals surface area contributed by atoms with Crippen molar-refractivity contribution in [1.82, 2.24) is 9.38 Å².